The van der Waals surface area contributed by atoms with E-state index in [1.165, 1.54) is 9.80 Å². The zero-order valence-electron chi connectivity index (χ0n) is 45.9. The molecule has 19 nitrogen and oxygen atoms in total. The maximum Gasteiger partial charge on any atom is 0.407 e. The topological polar surface area (TPSA) is 250 Å². The van der Waals surface area contributed by atoms with Gasteiger partial charge < -0.3 is 61.5 Å². The minimum absolute atomic E-state index is 0.00306. The number of carbonyl (C=O) groups excluding carboxylic acids is 7. The molecule has 3 saturated heterocycles. The summed E-state index contributed by atoms with van der Waals surface area (Å²) < 4.78 is 11.9. The molecule has 0 spiro atoms. The van der Waals surface area contributed by atoms with Crippen molar-refractivity contribution in [3.05, 3.63) is 173 Å². The third kappa shape index (κ3) is 14.2. The number of aromatic amines is 1. The van der Waals surface area contributed by atoms with Crippen molar-refractivity contribution < 1.29 is 43.0 Å². The second-order valence-corrected chi connectivity index (χ2v) is 21.8. The summed E-state index contributed by atoms with van der Waals surface area (Å²) in [6.45, 7) is 3.13. The van der Waals surface area contributed by atoms with E-state index in [9.17, 15) is 4.79 Å². The van der Waals surface area contributed by atoms with Crippen LogP contribution in [0.25, 0.3) is 10.9 Å². The second kappa shape index (κ2) is 26.9. The highest BCUT2D eigenvalue weighted by atomic mass is 16.6. The van der Waals surface area contributed by atoms with E-state index in [1.807, 2.05) is 133 Å². The van der Waals surface area contributed by atoms with Gasteiger partial charge >= 0.3 is 6.09 Å². The van der Waals surface area contributed by atoms with Crippen LogP contribution in [-0.4, -0.2) is 150 Å². The molecule has 82 heavy (non-hydrogen) atoms. The minimum atomic E-state index is -1.27. The van der Waals surface area contributed by atoms with Gasteiger partial charge in [0.05, 0.1) is 18.5 Å². The average molecular weight is 1110 g/mol. The standard InChI is InChI=1S/C63H72N10O9/c64-25-26-66-63(80)82-49-35-55-60(77)68-52(24-21-41-11-3-1-4-12-41)59(76)69-53(32-46-36-67-51-18-10-9-17-50(46)51)57(74)34-47(37-71-29-27-65-28-30-71)58(75)70-54(31-42-19-22-48(23-20-42)81-40-43-13-5-2-6-14-43)61(78)72-38-45-16-8-7-15-44(45)33-56(72)62(79)73(55)39-49/h1-20,22-23,36,47,49,52-56,65,67H,21,24-35,37-40,64H2,(H,66,80)(H,68,77)(H,69,76)(H,70,75)/t47-,49+,52+,53-,54-,55-,56-/m0/s1. The predicted molar refractivity (Wildman–Crippen MR) is 308 cm³/mol. The summed E-state index contributed by atoms with van der Waals surface area (Å²) in [5.41, 5.74) is 11.5. The molecular formula is C63H72N10O9. The van der Waals surface area contributed by atoms with E-state index >= 15 is 28.8 Å². The van der Waals surface area contributed by atoms with Gasteiger partial charge in [0.1, 0.15) is 42.6 Å². The molecule has 6 amide bonds. The van der Waals surface area contributed by atoms with Crippen LogP contribution in [0.2, 0.25) is 0 Å². The maximum atomic E-state index is 15.8. The molecule has 5 aromatic carbocycles. The van der Waals surface area contributed by atoms with Crippen LogP contribution in [0.4, 0.5) is 4.79 Å². The molecule has 7 atom stereocenters. The Morgan fingerprint density at radius 3 is 2.09 bits per heavy atom. The smallest absolute Gasteiger partial charge is 0.407 e. The third-order valence-electron chi connectivity index (χ3n) is 16.1. The minimum Gasteiger partial charge on any atom is -0.489 e. The Hall–Kier alpha value is -8.39. The summed E-state index contributed by atoms with van der Waals surface area (Å²) >= 11 is 0. The third-order valence-corrected chi connectivity index (χ3v) is 16.1. The van der Waals surface area contributed by atoms with Gasteiger partial charge in [0.2, 0.25) is 29.5 Å². The number of aryl methyl sites for hydroxylation is 1. The number of amides is 6. The number of nitrogens with zero attached hydrogens (tertiary/aromatic N) is 3. The molecule has 0 saturated carbocycles. The summed E-state index contributed by atoms with van der Waals surface area (Å²) in [7, 11) is 0. The van der Waals surface area contributed by atoms with Crippen molar-refractivity contribution in [3.63, 3.8) is 0 Å². The molecule has 6 aromatic rings. The molecule has 0 aliphatic carbocycles. The number of carbonyl (C=O) groups is 7. The first-order chi connectivity index (χ1) is 40.0. The zero-order valence-corrected chi connectivity index (χ0v) is 45.9. The van der Waals surface area contributed by atoms with Crippen molar-refractivity contribution >= 4 is 52.3 Å². The summed E-state index contributed by atoms with van der Waals surface area (Å²) in [6, 6.07) is 35.6. The van der Waals surface area contributed by atoms with Gasteiger partial charge in [0.25, 0.3) is 0 Å². The molecule has 0 unspecified atom stereocenters. The lowest BCUT2D eigenvalue weighted by Crippen LogP contribution is -2.61. The number of nitrogens with one attached hydrogen (secondary N) is 6. The van der Waals surface area contributed by atoms with E-state index in [4.69, 9.17) is 15.2 Å². The van der Waals surface area contributed by atoms with E-state index in [0.29, 0.717) is 50.5 Å². The quantitative estimate of drug-likeness (QED) is 0.0778. The number of nitrogens with two attached hydrogens (primary N) is 1. The van der Waals surface area contributed by atoms with Crippen LogP contribution in [0.3, 0.4) is 0 Å². The number of ketones is 1. The van der Waals surface area contributed by atoms with Crippen LogP contribution in [-0.2, 0) is 72.3 Å². The highest BCUT2D eigenvalue weighted by Gasteiger charge is 2.48. The molecule has 3 fully saturated rings. The van der Waals surface area contributed by atoms with Crippen LogP contribution >= 0.6 is 0 Å². The van der Waals surface area contributed by atoms with Gasteiger partial charge in [-0.25, -0.2) is 4.79 Å². The highest BCUT2D eigenvalue weighted by molar-refractivity contribution is 5.99. The van der Waals surface area contributed by atoms with Gasteiger partial charge in [-0.05, 0) is 64.4 Å². The van der Waals surface area contributed by atoms with Gasteiger partial charge in [-0.1, -0.05) is 115 Å². The average Bonchev–Trinajstić information content (AvgIpc) is 4.30. The number of hydrogen-bond acceptors (Lipinski definition) is 12. The molecule has 5 heterocycles. The normalized spacial score (nSPS) is 23.1. The molecular weight excluding hydrogens is 1040 g/mol. The van der Waals surface area contributed by atoms with Crippen LogP contribution in [0.5, 0.6) is 5.75 Å². The van der Waals surface area contributed by atoms with E-state index in [2.05, 4.69) is 36.5 Å². The fraction of sp³-hybridized carbons (Fsp3) is 0.381. The Morgan fingerprint density at radius 2 is 1.33 bits per heavy atom. The van der Waals surface area contributed by atoms with Crippen LogP contribution < -0.4 is 37.1 Å². The highest BCUT2D eigenvalue weighted by Crippen LogP contribution is 2.31. The van der Waals surface area contributed by atoms with Crippen LogP contribution in [0.15, 0.2) is 140 Å². The number of ether oxygens (including phenoxy) is 2. The summed E-state index contributed by atoms with van der Waals surface area (Å²) in [5, 5.41) is 16.0. The van der Waals surface area contributed by atoms with Crippen molar-refractivity contribution in [2.24, 2.45) is 11.7 Å². The lowest BCUT2D eigenvalue weighted by Gasteiger charge is -2.40. The molecule has 428 valence electrons. The number of benzene rings is 5. The Bertz CT molecular complexity index is 3210. The molecule has 4 aliphatic rings. The second-order valence-electron chi connectivity index (χ2n) is 21.8. The van der Waals surface area contributed by atoms with Crippen molar-refractivity contribution in [1.82, 2.24) is 46.3 Å². The molecule has 10 rings (SSSR count). The van der Waals surface area contributed by atoms with Crippen molar-refractivity contribution in [3.8, 4) is 5.75 Å². The zero-order chi connectivity index (χ0) is 57.0. The number of piperazine rings is 1. The number of hydrogen-bond donors (Lipinski definition) is 7. The summed E-state index contributed by atoms with van der Waals surface area (Å²) in [5.74, 6) is -3.77. The van der Waals surface area contributed by atoms with E-state index in [1.54, 1.807) is 6.20 Å². The largest absolute Gasteiger partial charge is 0.489 e. The number of alkyl carbamates (subject to hydrolysis) is 1. The first-order valence-electron chi connectivity index (χ1n) is 28.5. The Morgan fingerprint density at radius 1 is 0.646 bits per heavy atom. The van der Waals surface area contributed by atoms with Crippen molar-refractivity contribution in [2.45, 2.75) is 94.4 Å². The summed E-state index contributed by atoms with van der Waals surface area (Å²) in [4.78, 5) is 114. The van der Waals surface area contributed by atoms with Crippen molar-refractivity contribution in [2.75, 3.05) is 52.4 Å². The number of para-hydroxylation sites is 1. The molecule has 1 aromatic heterocycles. The fourth-order valence-electron chi connectivity index (χ4n) is 11.7. The van der Waals surface area contributed by atoms with Gasteiger partial charge in [-0.3, -0.25) is 28.8 Å². The molecule has 0 bridgehead atoms. The Kier molecular flexibility index (Phi) is 18.7. The monoisotopic (exact) mass is 1110 g/mol. The van der Waals surface area contributed by atoms with Gasteiger partial charge in [-0.15, -0.1) is 0 Å². The van der Waals surface area contributed by atoms with E-state index in [0.717, 1.165) is 38.7 Å². The van der Waals surface area contributed by atoms with E-state index < -0.39 is 83.6 Å². The molecule has 19 heteroatoms. The number of rotatable bonds is 15. The molecule has 4 aliphatic heterocycles. The number of aromatic nitrogens is 1. The first kappa shape index (κ1) is 56.9. The van der Waals surface area contributed by atoms with Gasteiger partial charge in [0.15, 0.2) is 5.78 Å². The summed E-state index contributed by atoms with van der Waals surface area (Å²) in [6.07, 6.45) is 0.222. The molecule has 8 N–H and O–H groups in total. The predicted octanol–water partition coefficient (Wildman–Crippen LogP) is 3.72. The number of H-pyrrole nitrogens is 1. The maximum absolute atomic E-state index is 15.8. The fourth-order valence-corrected chi connectivity index (χ4v) is 11.7. The number of Topliss-reactive ketones (excluding diaryl/α,β-unsaturated/α-hetero) is 1. The number of fused-ring (bicyclic) bond motifs is 4. The van der Waals surface area contributed by atoms with Gasteiger partial charge in [-0.2, -0.15) is 0 Å². The lowest BCUT2D eigenvalue weighted by atomic mass is 9.90. The first-order valence-corrected chi connectivity index (χ1v) is 28.5. The van der Waals surface area contributed by atoms with Gasteiger partial charge in [0, 0.05) is 102 Å². The van der Waals surface area contributed by atoms with E-state index in [-0.39, 0.29) is 71.2 Å². The Labute approximate surface area is 477 Å². The van der Waals surface area contributed by atoms with Crippen LogP contribution in [0, 0.1) is 5.92 Å². The SMILES string of the molecule is NCCNC(=O)O[C@@H]1C[C@H]2C(=O)N[C@H](CCc3ccccc3)C(=O)N[C@@H](Cc3c[nH]c4ccccc34)C(=O)C[C@@H](CN3CCNCC3)C(=O)N[C@@H](Cc3ccc(OCc4ccccc4)cc3)C(=O)N3Cc4ccccc4C[C@H]3C(=O)N2C1. The van der Waals surface area contributed by atoms with Crippen LogP contribution in [0.1, 0.15) is 52.6 Å². The Balaban J connectivity index is 1.05. The van der Waals surface area contributed by atoms with Crippen molar-refractivity contribution in [1.29, 1.82) is 0 Å². The molecule has 0 radical (unpaired) electrons. The lowest BCUT2D eigenvalue weighted by molar-refractivity contribution is -0.151.